The summed E-state index contributed by atoms with van der Waals surface area (Å²) in [5, 5.41) is 12.2. The minimum Gasteiger partial charge on any atom is -0.478 e. The molecule has 4 N–H and O–H groups in total. The van der Waals surface area contributed by atoms with Crippen LogP contribution in [0.4, 0.5) is 0 Å². The number of piperidine rings is 1. The molecule has 0 saturated carbocycles. The van der Waals surface area contributed by atoms with E-state index in [4.69, 9.17) is 10.8 Å². The lowest BCUT2D eigenvalue weighted by Crippen LogP contribution is -2.46. The van der Waals surface area contributed by atoms with Crippen molar-refractivity contribution < 1.29 is 9.90 Å². The number of hydrogen-bond acceptors (Lipinski definition) is 3. The Morgan fingerprint density at radius 3 is 2.59 bits per heavy atom. The Balaban J connectivity index is 2.14. The number of rotatable bonds is 2. The summed E-state index contributed by atoms with van der Waals surface area (Å²) in [7, 11) is 0. The minimum atomic E-state index is -0.897. The van der Waals surface area contributed by atoms with E-state index >= 15 is 0 Å². The summed E-state index contributed by atoms with van der Waals surface area (Å²) in [4.78, 5) is 10.8. The number of nitrogens with one attached hydrogen (secondary N) is 1. The van der Waals surface area contributed by atoms with Gasteiger partial charge in [-0.3, -0.25) is 0 Å². The molecule has 0 aromatic heterocycles. The van der Waals surface area contributed by atoms with Gasteiger partial charge in [0.05, 0.1) is 5.56 Å². The first kappa shape index (κ1) is 12.1. The van der Waals surface area contributed by atoms with Crippen LogP contribution in [-0.2, 0) is 0 Å². The van der Waals surface area contributed by atoms with E-state index in [1.807, 2.05) is 12.1 Å². The van der Waals surface area contributed by atoms with Crippen LogP contribution in [-0.4, -0.2) is 23.7 Å². The highest BCUT2D eigenvalue weighted by atomic mass is 16.4. The molecule has 1 fully saturated rings. The summed E-state index contributed by atoms with van der Waals surface area (Å²) in [5.41, 5.74) is 7.50. The van der Waals surface area contributed by atoms with E-state index in [9.17, 15) is 4.79 Å². The molecular formula is C13H18N2O2. The second kappa shape index (κ2) is 4.85. The summed E-state index contributed by atoms with van der Waals surface area (Å²) in [5.74, 6) is -0.300. The van der Waals surface area contributed by atoms with Gasteiger partial charge in [-0.25, -0.2) is 4.79 Å². The Morgan fingerprint density at radius 2 is 2.06 bits per heavy atom. The zero-order valence-electron chi connectivity index (χ0n) is 9.89. The minimum absolute atomic E-state index is 0.0921. The standard InChI is InChI=1S/C13H18N2O2/c1-8-6-11(14)12(15-7-8)9-2-4-10(5-3-9)13(16)17/h2-5,8,11-12,15H,6-7,14H2,1H3,(H,16,17). The smallest absolute Gasteiger partial charge is 0.335 e. The van der Waals surface area contributed by atoms with E-state index in [-0.39, 0.29) is 12.1 Å². The molecule has 4 heteroatoms. The van der Waals surface area contributed by atoms with Gasteiger partial charge in [-0.2, -0.15) is 0 Å². The number of carboxylic acids is 1. The van der Waals surface area contributed by atoms with Crippen molar-refractivity contribution in [3.05, 3.63) is 35.4 Å². The van der Waals surface area contributed by atoms with Gasteiger partial charge in [0.25, 0.3) is 0 Å². The molecule has 1 saturated heterocycles. The van der Waals surface area contributed by atoms with Crippen LogP contribution in [0.25, 0.3) is 0 Å². The van der Waals surface area contributed by atoms with Crippen LogP contribution >= 0.6 is 0 Å². The number of nitrogens with two attached hydrogens (primary N) is 1. The van der Waals surface area contributed by atoms with Gasteiger partial charge in [-0.15, -0.1) is 0 Å². The molecule has 1 heterocycles. The Morgan fingerprint density at radius 1 is 1.41 bits per heavy atom. The van der Waals surface area contributed by atoms with Crippen LogP contribution in [0, 0.1) is 5.92 Å². The maximum absolute atomic E-state index is 10.8. The lowest BCUT2D eigenvalue weighted by Gasteiger charge is -2.34. The molecule has 92 valence electrons. The number of hydrogen-bond donors (Lipinski definition) is 3. The van der Waals surface area contributed by atoms with E-state index in [0.29, 0.717) is 11.5 Å². The van der Waals surface area contributed by atoms with Crippen LogP contribution in [0.2, 0.25) is 0 Å². The van der Waals surface area contributed by atoms with Crippen LogP contribution in [0.5, 0.6) is 0 Å². The summed E-state index contributed by atoms with van der Waals surface area (Å²) in [6.45, 7) is 3.13. The summed E-state index contributed by atoms with van der Waals surface area (Å²) < 4.78 is 0. The lowest BCUT2D eigenvalue weighted by molar-refractivity contribution is 0.0697. The molecule has 2 rings (SSSR count). The van der Waals surface area contributed by atoms with Crippen molar-refractivity contribution in [2.24, 2.45) is 11.7 Å². The number of carboxylic acid groups (broad SMARTS) is 1. The fourth-order valence-electron chi connectivity index (χ4n) is 2.36. The summed E-state index contributed by atoms with van der Waals surface area (Å²) >= 11 is 0. The van der Waals surface area contributed by atoms with Crippen molar-refractivity contribution in [1.82, 2.24) is 5.32 Å². The van der Waals surface area contributed by atoms with Gasteiger partial charge in [0.2, 0.25) is 0 Å². The molecule has 1 aliphatic heterocycles. The Hall–Kier alpha value is -1.39. The molecule has 1 aromatic carbocycles. The van der Waals surface area contributed by atoms with Crippen molar-refractivity contribution >= 4 is 5.97 Å². The topological polar surface area (TPSA) is 75.3 Å². The molecule has 0 aliphatic carbocycles. The van der Waals surface area contributed by atoms with Crippen LogP contribution in [0.3, 0.4) is 0 Å². The fraction of sp³-hybridized carbons (Fsp3) is 0.462. The summed E-state index contributed by atoms with van der Waals surface area (Å²) in [6, 6.07) is 7.17. The molecule has 17 heavy (non-hydrogen) atoms. The first-order chi connectivity index (χ1) is 8.08. The highest BCUT2D eigenvalue weighted by Crippen LogP contribution is 2.24. The van der Waals surface area contributed by atoms with Gasteiger partial charge in [0.15, 0.2) is 0 Å². The second-order valence-corrected chi connectivity index (χ2v) is 4.82. The lowest BCUT2D eigenvalue weighted by atomic mass is 9.88. The monoisotopic (exact) mass is 234 g/mol. The highest BCUT2D eigenvalue weighted by molar-refractivity contribution is 5.87. The number of aromatic carboxylic acids is 1. The Kier molecular flexibility index (Phi) is 3.45. The molecule has 1 aromatic rings. The van der Waals surface area contributed by atoms with Crippen LogP contribution in [0.15, 0.2) is 24.3 Å². The maximum Gasteiger partial charge on any atom is 0.335 e. The molecular weight excluding hydrogens is 216 g/mol. The average Bonchev–Trinajstić information content (AvgIpc) is 2.29. The zero-order chi connectivity index (χ0) is 12.4. The van der Waals surface area contributed by atoms with E-state index in [0.717, 1.165) is 18.5 Å². The maximum atomic E-state index is 10.8. The van der Waals surface area contributed by atoms with Crippen LogP contribution < -0.4 is 11.1 Å². The molecule has 0 amide bonds. The van der Waals surface area contributed by atoms with Crippen molar-refractivity contribution in [2.75, 3.05) is 6.54 Å². The van der Waals surface area contributed by atoms with Gasteiger partial charge in [0, 0.05) is 12.1 Å². The summed E-state index contributed by atoms with van der Waals surface area (Å²) in [6.07, 6.45) is 0.998. The van der Waals surface area contributed by atoms with Gasteiger partial charge < -0.3 is 16.2 Å². The predicted molar refractivity (Wildman–Crippen MR) is 65.9 cm³/mol. The third kappa shape index (κ3) is 2.65. The molecule has 3 unspecified atom stereocenters. The SMILES string of the molecule is CC1CNC(c2ccc(C(=O)O)cc2)C(N)C1. The molecule has 1 aliphatic rings. The first-order valence-corrected chi connectivity index (χ1v) is 5.90. The van der Waals surface area contributed by atoms with E-state index in [1.165, 1.54) is 0 Å². The number of benzene rings is 1. The van der Waals surface area contributed by atoms with Gasteiger partial charge in [0.1, 0.15) is 0 Å². The number of carbonyl (C=O) groups is 1. The average molecular weight is 234 g/mol. The third-order valence-electron chi connectivity index (χ3n) is 3.31. The van der Waals surface area contributed by atoms with Crippen molar-refractivity contribution in [1.29, 1.82) is 0 Å². The van der Waals surface area contributed by atoms with Crippen LogP contribution in [0.1, 0.15) is 35.3 Å². The first-order valence-electron chi connectivity index (χ1n) is 5.90. The van der Waals surface area contributed by atoms with Gasteiger partial charge in [-0.05, 0) is 36.6 Å². The quantitative estimate of drug-likeness (QED) is 0.722. The third-order valence-corrected chi connectivity index (χ3v) is 3.31. The van der Waals surface area contributed by atoms with Crippen molar-refractivity contribution in [3.63, 3.8) is 0 Å². The van der Waals surface area contributed by atoms with Crippen molar-refractivity contribution in [2.45, 2.75) is 25.4 Å². The molecule has 4 nitrogen and oxygen atoms in total. The largest absolute Gasteiger partial charge is 0.478 e. The highest BCUT2D eigenvalue weighted by Gasteiger charge is 2.26. The predicted octanol–water partition coefficient (Wildman–Crippen LogP) is 1.38. The van der Waals surface area contributed by atoms with E-state index in [1.54, 1.807) is 12.1 Å². The zero-order valence-corrected chi connectivity index (χ0v) is 9.89. The molecule has 0 bridgehead atoms. The van der Waals surface area contributed by atoms with Gasteiger partial charge in [-0.1, -0.05) is 19.1 Å². The van der Waals surface area contributed by atoms with E-state index in [2.05, 4.69) is 12.2 Å². The van der Waals surface area contributed by atoms with E-state index < -0.39 is 5.97 Å². The Labute approximate surface area is 101 Å². The molecule has 3 atom stereocenters. The van der Waals surface area contributed by atoms with Gasteiger partial charge >= 0.3 is 5.97 Å². The second-order valence-electron chi connectivity index (χ2n) is 4.82. The fourth-order valence-corrected chi connectivity index (χ4v) is 2.36. The van der Waals surface area contributed by atoms with Crippen molar-refractivity contribution in [3.8, 4) is 0 Å². The molecule has 0 spiro atoms. The Bertz CT molecular complexity index is 402. The molecule has 0 radical (unpaired) electrons. The normalized spacial score (nSPS) is 28.9.